The van der Waals surface area contributed by atoms with Gasteiger partial charge in [0.15, 0.2) is 0 Å². The molecule has 10 heteroatoms. The van der Waals surface area contributed by atoms with Crippen LogP contribution in [0.5, 0.6) is 0 Å². The summed E-state index contributed by atoms with van der Waals surface area (Å²) in [5.74, 6) is -2.12. The lowest BCUT2D eigenvalue weighted by Crippen LogP contribution is -2.57. The molecule has 1 aliphatic rings. The zero-order valence-electron chi connectivity index (χ0n) is 16.4. The van der Waals surface area contributed by atoms with Crippen molar-refractivity contribution in [3.05, 3.63) is 0 Å². The summed E-state index contributed by atoms with van der Waals surface area (Å²) in [5.41, 5.74) is 6.04. The first kappa shape index (κ1) is 23.4. The first-order chi connectivity index (χ1) is 12.7. The van der Waals surface area contributed by atoms with Crippen LogP contribution in [0, 0.1) is 5.92 Å². The van der Waals surface area contributed by atoms with E-state index in [2.05, 4.69) is 16.0 Å². The van der Waals surface area contributed by atoms with Crippen molar-refractivity contribution in [2.75, 3.05) is 0 Å². The fourth-order valence-corrected chi connectivity index (χ4v) is 3.13. The van der Waals surface area contributed by atoms with Crippen LogP contribution >= 0.6 is 0 Å². The number of amides is 3. The smallest absolute Gasteiger partial charge is 0.426 e. The van der Waals surface area contributed by atoms with Crippen molar-refractivity contribution < 1.29 is 24.4 Å². The summed E-state index contributed by atoms with van der Waals surface area (Å²) in [4.78, 5) is 36.8. The van der Waals surface area contributed by atoms with E-state index < -0.39 is 43.0 Å². The van der Waals surface area contributed by atoms with E-state index in [0.717, 1.165) is 32.1 Å². The molecule has 154 valence electrons. The standard InChI is InChI=1S/C17H33BN4O5/c1-4-13(16(24)21-11(3)18(26)27)22-15(23)10(2)20-17(25)14(19)12-8-6-5-7-9-12/h10-14,26-27H,4-9,19H2,1-3H3,(H,20,25)(H,21,24)(H,22,23). The minimum atomic E-state index is -1.69. The second-order valence-corrected chi connectivity index (χ2v) is 7.33. The summed E-state index contributed by atoms with van der Waals surface area (Å²) < 4.78 is 0. The molecule has 7 N–H and O–H groups in total. The highest BCUT2D eigenvalue weighted by atomic mass is 16.4. The van der Waals surface area contributed by atoms with Gasteiger partial charge in [0.05, 0.1) is 12.0 Å². The predicted octanol–water partition coefficient (Wildman–Crippen LogP) is -1.19. The van der Waals surface area contributed by atoms with Crippen LogP contribution in [0.2, 0.25) is 0 Å². The number of nitrogens with one attached hydrogen (secondary N) is 3. The average Bonchev–Trinajstić information content (AvgIpc) is 2.65. The Hall–Kier alpha value is -1.65. The van der Waals surface area contributed by atoms with Crippen molar-refractivity contribution in [2.45, 2.75) is 83.4 Å². The minimum Gasteiger partial charge on any atom is -0.426 e. The number of carbonyl (C=O) groups is 3. The molecule has 0 aromatic rings. The van der Waals surface area contributed by atoms with E-state index in [1.165, 1.54) is 13.8 Å². The summed E-state index contributed by atoms with van der Waals surface area (Å²) in [7, 11) is -1.69. The second-order valence-electron chi connectivity index (χ2n) is 7.33. The maximum atomic E-state index is 12.3. The first-order valence-electron chi connectivity index (χ1n) is 9.70. The zero-order valence-corrected chi connectivity index (χ0v) is 16.4. The van der Waals surface area contributed by atoms with Crippen molar-refractivity contribution in [1.82, 2.24) is 16.0 Å². The van der Waals surface area contributed by atoms with Crippen LogP contribution in [0.25, 0.3) is 0 Å². The van der Waals surface area contributed by atoms with Gasteiger partial charge >= 0.3 is 7.12 Å². The maximum absolute atomic E-state index is 12.3. The van der Waals surface area contributed by atoms with Crippen LogP contribution < -0.4 is 21.7 Å². The lowest BCUT2D eigenvalue weighted by molar-refractivity contribution is -0.132. The minimum absolute atomic E-state index is 0.134. The van der Waals surface area contributed by atoms with E-state index in [9.17, 15) is 14.4 Å². The van der Waals surface area contributed by atoms with E-state index in [0.29, 0.717) is 6.42 Å². The molecule has 0 aromatic carbocycles. The van der Waals surface area contributed by atoms with Gasteiger partial charge in [-0.15, -0.1) is 0 Å². The molecule has 1 fully saturated rings. The largest absolute Gasteiger partial charge is 0.475 e. The van der Waals surface area contributed by atoms with Gasteiger partial charge in [0, 0.05) is 0 Å². The quantitative estimate of drug-likeness (QED) is 0.275. The van der Waals surface area contributed by atoms with Gasteiger partial charge in [0.1, 0.15) is 12.1 Å². The molecular weight excluding hydrogens is 351 g/mol. The Morgan fingerprint density at radius 3 is 2.11 bits per heavy atom. The lowest BCUT2D eigenvalue weighted by atomic mass is 9.81. The third kappa shape index (κ3) is 7.47. The molecule has 0 saturated heterocycles. The Morgan fingerprint density at radius 1 is 1.00 bits per heavy atom. The van der Waals surface area contributed by atoms with Gasteiger partial charge in [-0.25, -0.2) is 0 Å². The molecule has 3 amide bonds. The van der Waals surface area contributed by atoms with Crippen LogP contribution in [0.15, 0.2) is 0 Å². The molecule has 1 aliphatic carbocycles. The number of carbonyl (C=O) groups excluding carboxylic acids is 3. The van der Waals surface area contributed by atoms with Gasteiger partial charge in [-0.05, 0) is 39.0 Å². The molecule has 4 unspecified atom stereocenters. The number of rotatable bonds is 9. The molecule has 1 rings (SSSR count). The SMILES string of the molecule is CCC(NC(=O)C(C)NC(=O)C(N)C1CCCCC1)C(=O)NC(C)B(O)O. The second kappa shape index (κ2) is 11.3. The van der Waals surface area contributed by atoms with E-state index >= 15 is 0 Å². The molecule has 9 nitrogen and oxygen atoms in total. The summed E-state index contributed by atoms with van der Waals surface area (Å²) in [5, 5.41) is 25.7. The summed E-state index contributed by atoms with van der Waals surface area (Å²) >= 11 is 0. The van der Waals surface area contributed by atoms with Gasteiger partial charge in [-0.1, -0.05) is 26.2 Å². The van der Waals surface area contributed by atoms with Crippen molar-refractivity contribution in [1.29, 1.82) is 0 Å². The molecular formula is C17H33BN4O5. The normalized spacial score (nSPS) is 19.3. The first-order valence-corrected chi connectivity index (χ1v) is 9.70. The summed E-state index contributed by atoms with van der Waals surface area (Å²) in [6, 6.07) is -2.32. The number of nitrogens with two attached hydrogens (primary N) is 1. The molecule has 0 spiro atoms. The van der Waals surface area contributed by atoms with Gasteiger partial charge < -0.3 is 31.7 Å². The summed E-state index contributed by atoms with van der Waals surface area (Å²) in [6.45, 7) is 4.69. The Balaban J connectivity index is 2.53. The molecule has 0 bridgehead atoms. The highest BCUT2D eigenvalue weighted by Crippen LogP contribution is 2.25. The Labute approximate surface area is 161 Å². The monoisotopic (exact) mass is 384 g/mol. The van der Waals surface area contributed by atoms with Gasteiger partial charge in [-0.3, -0.25) is 14.4 Å². The molecule has 1 saturated carbocycles. The third-order valence-corrected chi connectivity index (χ3v) is 5.07. The van der Waals surface area contributed by atoms with Crippen LogP contribution in [0.4, 0.5) is 0 Å². The summed E-state index contributed by atoms with van der Waals surface area (Å²) in [6.07, 6.45) is 5.44. The fraction of sp³-hybridized carbons (Fsp3) is 0.824. The molecule has 0 aliphatic heterocycles. The van der Waals surface area contributed by atoms with Crippen LogP contribution in [-0.4, -0.2) is 59.0 Å². The van der Waals surface area contributed by atoms with Gasteiger partial charge in [0.2, 0.25) is 17.7 Å². The van der Waals surface area contributed by atoms with E-state index in [-0.39, 0.29) is 11.8 Å². The Bertz CT molecular complexity index is 514. The van der Waals surface area contributed by atoms with Crippen molar-refractivity contribution in [3.63, 3.8) is 0 Å². The van der Waals surface area contributed by atoms with Crippen LogP contribution in [0.1, 0.15) is 59.3 Å². The van der Waals surface area contributed by atoms with Gasteiger partial charge in [0.25, 0.3) is 0 Å². The molecule has 0 radical (unpaired) electrons. The van der Waals surface area contributed by atoms with Crippen LogP contribution in [-0.2, 0) is 14.4 Å². The van der Waals surface area contributed by atoms with E-state index in [1.807, 2.05) is 0 Å². The topological polar surface area (TPSA) is 154 Å². The Morgan fingerprint density at radius 2 is 1.59 bits per heavy atom. The van der Waals surface area contributed by atoms with Gasteiger partial charge in [-0.2, -0.15) is 0 Å². The van der Waals surface area contributed by atoms with E-state index in [1.54, 1.807) is 6.92 Å². The highest BCUT2D eigenvalue weighted by Gasteiger charge is 2.30. The molecule has 0 aromatic heterocycles. The maximum Gasteiger partial charge on any atom is 0.475 e. The van der Waals surface area contributed by atoms with Crippen LogP contribution in [0.3, 0.4) is 0 Å². The number of hydrogen-bond acceptors (Lipinski definition) is 6. The lowest BCUT2D eigenvalue weighted by Gasteiger charge is -2.28. The predicted molar refractivity (Wildman–Crippen MR) is 102 cm³/mol. The fourth-order valence-electron chi connectivity index (χ4n) is 3.13. The Kier molecular flexibility index (Phi) is 9.75. The zero-order chi connectivity index (χ0) is 20.6. The van der Waals surface area contributed by atoms with Crippen molar-refractivity contribution in [2.24, 2.45) is 11.7 Å². The van der Waals surface area contributed by atoms with Crippen molar-refractivity contribution >= 4 is 24.8 Å². The third-order valence-electron chi connectivity index (χ3n) is 5.07. The highest BCUT2D eigenvalue weighted by molar-refractivity contribution is 6.43. The number of hydrogen-bond donors (Lipinski definition) is 6. The molecule has 27 heavy (non-hydrogen) atoms. The van der Waals surface area contributed by atoms with Crippen molar-refractivity contribution in [3.8, 4) is 0 Å². The average molecular weight is 384 g/mol. The molecule has 4 atom stereocenters. The molecule has 0 heterocycles. The van der Waals surface area contributed by atoms with E-state index in [4.69, 9.17) is 15.8 Å².